The van der Waals surface area contributed by atoms with Gasteiger partial charge in [0.2, 0.25) is 0 Å². The molecule has 3 heterocycles. The van der Waals surface area contributed by atoms with E-state index in [1.54, 1.807) is 7.11 Å². The van der Waals surface area contributed by atoms with Crippen molar-refractivity contribution < 1.29 is 4.74 Å². The van der Waals surface area contributed by atoms with Gasteiger partial charge in [0, 0.05) is 29.8 Å². The van der Waals surface area contributed by atoms with Crippen molar-refractivity contribution >= 4 is 0 Å². The summed E-state index contributed by atoms with van der Waals surface area (Å²) in [5, 5.41) is 19.4. The average Bonchev–Trinajstić information content (AvgIpc) is 3.33. The number of aromatic amines is 1. The van der Waals surface area contributed by atoms with Gasteiger partial charge < -0.3 is 10.1 Å². The van der Waals surface area contributed by atoms with Gasteiger partial charge in [0.1, 0.15) is 5.75 Å². The SMILES string of the molecule is COc1ccc(-c2[nH]ncc2Cn2cc([C@H]3CCCNC3)nn2)cc1. The van der Waals surface area contributed by atoms with Crippen LogP contribution in [0, 0.1) is 0 Å². The van der Waals surface area contributed by atoms with E-state index in [0.717, 1.165) is 41.4 Å². The Kier molecular flexibility index (Phi) is 4.47. The number of aromatic nitrogens is 5. The summed E-state index contributed by atoms with van der Waals surface area (Å²) in [5.41, 5.74) is 4.23. The molecule has 3 aromatic rings. The average molecular weight is 338 g/mol. The Hall–Kier alpha value is -2.67. The van der Waals surface area contributed by atoms with Crippen LogP contribution >= 0.6 is 0 Å². The number of H-pyrrole nitrogens is 1. The van der Waals surface area contributed by atoms with Crippen LogP contribution in [0.3, 0.4) is 0 Å². The molecule has 0 saturated carbocycles. The van der Waals surface area contributed by atoms with E-state index in [0.29, 0.717) is 12.5 Å². The van der Waals surface area contributed by atoms with E-state index >= 15 is 0 Å². The number of benzene rings is 1. The summed E-state index contributed by atoms with van der Waals surface area (Å²) in [5.74, 6) is 1.31. The van der Waals surface area contributed by atoms with Crippen molar-refractivity contribution in [1.82, 2.24) is 30.5 Å². The summed E-state index contributed by atoms with van der Waals surface area (Å²) in [4.78, 5) is 0. The zero-order chi connectivity index (χ0) is 17.1. The summed E-state index contributed by atoms with van der Waals surface area (Å²) in [6.45, 7) is 2.73. The predicted octanol–water partition coefficient (Wildman–Crippen LogP) is 2.19. The van der Waals surface area contributed by atoms with Crippen molar-refractivity contribution in [3.8, 4) is 17.0 Å². The van der Waals surface area contributed by atoms with Crippen LogP contribution in [-0.2, 0) is 6.54 Å². The number of methoxy groups -OCH3 is 1. The lowest BCUT2D eigenvalue weighted by molar-refractivity contribution is 0.415. The molecule has 2 aromatic heterocycles. The van der Waals surface area contributed by atoms with Gasteiger partial charge in [-0.2, -0.15) is 5.10 Å². The first kappa shape index (κ1) is 15.8. The van der Waals surface area contributed by atoms with Crippen molar-refractivity contribution in [2.75, 3.05) is 20.2 Å². The number of piperidine rings is 1. The first-order valence-corrected chi connectivity index (χ1v) is 8.61. The molecule has 7 nitrogen and oxygen atoms in total. The van der Waals surface area contributed by atoms with Gasteiger partial charge in [0.25, 0.3) is 0 Å². The highest BCUT2D eigenvalue weighted by Crippen LogP contribution is 2.25. The Labute approximate surface area is 146 Å². The molecule has 1 aromatic carbocycles. The van der Waals surface area contributed by atoms with Gasteiger partial charge in [-0.1, -0.05) is 5.21 Å². The van der Waals surface area contributed by atoms with E-state index in [4.69, 9.17) is 4.74 Å². The molecule has 1 aliphatic heterocycles. The van der Waals surface area contributed by atoms with Crippen LogP contribution in [0.25, 0.3) is 11.3 Å². The lowest BCUT2D eigenvalue weighted by Crippen LogP contribution is -2.28. The van der Waals surface area contributed by atoms with Crippen molar-refractivity contribution in [3.05, 3.63) is 47.9 Å². The Morgan fingerprint density at radius 1 is 1.28 bits per heavy atom. The standard InChI is InChI=1S/C18H22N6O/c1-25-16-6-4-13(5-7-16)18-15(10-20-22-18)11-24-12-17(21-23-24)14-3-2-8-19-9-14/h4-7,10,12,14,19H,2-3,8-9,11H2,1H3,(H,20,22)/t14-/m0/s1. The Morgan fingerprint density at radius 3 is 2.92 bits per heavy atom. The second-order valence-electron chi connectivity index (χ2n) is 6.38. The lowest BCUT2D eigenvalue weighted by atomic mass is 9.97. The quantitative estimate of drug-likeness (QED) is 0.745. The molecule has 130 valence electrons. The monoisotopic (exact) mass is 338 g/mol. The molecule has 1 aliphatic rings. The number of hydrogen-bond donors (Lipinski definition) is 2. The minimum Gasteiger partial charge on any atom is -0.497 e. The smallest absolute Gasteiger partial charge is 0.118 e. The number of rotatable bonds is 5. The predicted molar refractivity (Wildman–Crippen MR) is 94.5 cm³/mol. The molecule has 1 saturated heterocycles. The topological polar surface area (TPSA) is 80.6 Å². The van der Waals surface area contributed by atoms with Crippen molar-refractivity contribution in [2.45, 2.75) is 25.3 Å². The summed E-state index contributed by atoms with van der Waals surface area (Å²) in [6.07, 6.45) is 6.28. The number of hydrogen-bond acceptors (Lipinski definition) is 5. The second-order valence-corrected chi connectivity index (χ2v) is 6.38. The Balaban J connectivity index is 1.51. The lowest BCUT2D eigenvalue weighted by Gasteiger charge is -2.20. The van der Waals surface area contributed by atoms with E-state index in [9.17, 15) is 0 Å². The van der Waals surface area contributed by atoms with Crippen LogP contribution < -0.4 is 10.1 Å². The molecule has 1 atom stereocenters. The third kappa shape index (κ3) is 3.41. The van der Waals surface area contributed by atoms with E-state index < -0.39 is 0 Å². The number of nitrogens with zero attached hydrogens (tertiary/aromatic N) is 4. The van der Waals surface area contributed by atoms with Crippen molar-refractivity contribution in [1.29, 1.82) is 0 Å². The van der Waals surface area contributed by atoms with Crippen LogP contribution in [0.2, 0.25) is 0 Å². The van der Waals surface area contributed by atoms with Crippen LogP contribution in [0.5, 0.6) is 5.75 Å². The molecule has 0 spiro atoms. The molecule has 4 rings (SSSR count). The van der Waals surface area contributed by atoms with Gasteiger partial charge in [-0.3, -0.25) is 5.10 Å². The van der Waals surface area contributed by atoms with Gasteiger partial charge in [0.05, 0.1) is 31.2 Å². The molecule has 0 unspecified atom stereocenters. The molecular weight excluding hydrogens is 316 g/mol. The minimum absolute atomic E-state index is 0.466. The molecule has 0 bridgehead atoms. The largest absolute Gasteiger partial charge is 0.497 e. The molecular formula is C18H22N6O. The van der Waals surface area contributed by atoms with E-state index in [1.807, 2.05) is 35.1 Å². The van der Waals surface area contributed by atoms with Crippen molar-refractivity contribution in [2.24, 2.45) is 0 Å². The van der Waals surface area contributed by atoms with Gasteiger partial charge in [0.15, 0.2) is 0 Å². The van der Waals surface area contributed by atoms with Crippen LogP contribution in [0.1, 0.15) is 30.0 Å². The van der Waals surface area contributed by atoms with Crippen molar-refractivity contribution in [3.63, 3.8) is 0 Å². The van der Waals surface area contributed by atoms with Crippen LogP contribution in [0.4, 0.5) is 0 Å². The highest BCUT2D eigenvalue weighted by Gasteiger charge is 2.18. The fourth-order valence-electron chi connectivity index (χ4n) is 3.30. The first-order chi connectivity index (χ1) is 12.3. The molecule has 0 amide bonds. The van der Waals surface area contributed by atoms with Gasteiger partial charge in [-0.25, -0.2) is 4.68 Å². The zero-order valence-corrected chi connectivity index (χ0v) is 14.3. The second kappa shape index (κ2) is 7.06. The highest BCUT2D eigenvalue weighted by molar-refractivity contribution is 5.63. The zero-order valence-electron chi connectivity index (χ0n) is 14.3. The maximum Gasteiger partial charge on any atom is 0.118 e. The third-order valence-corrected chi connectivity index (χ3v) is 4.70. The molecule has 0 aliphatic carbocycles. The molecule has 2 N–H and O–H groups in total. The summed E-state index contributed by atoms with van der Waals surface area (Å²) in [6, 6.07) is 7.94. The third-order valence-electron chi connectivity index (χ3n) is 4.70. The molecule has 0 radical (unpaired) electrons. The fraction of sp³-hybridized carbons (Fsp3) is 0.389. The maximum atomic E-state index is 5.22. The first-order valence-electron chi connectivity index (χ1n) is 8.61. The number of nitrogens with one attached hydrogen (secondary N) is 2. The normalized spacial score (nSPS) is 17.6. The van der Waals surface area contributed by atoms with E-state index in [1.165, 1.54) is 12.8 Å². The van der Waals surface area contributed by atoms with E-state index in [2.05, 4.69) is 32.0 Å². The summed E-state index contributed by atoms with van der Waals surface area (Å²) >= 11 is 0. The summed E-state index contributed by atoms with van der Waals surface area (Å²) < 4.78 is 7.11. The highest BCUT2D eigenvalue weighted by atomic mass is 16.5. The summed E-state index contributed by atoms with van der Waals surface area (Å²) in [7, 11) is 1.67. The molecule has 7 heteroatoms. The Morgan fingerprint density at radius 2 is 2.16 bits per heavy atom. The molecule has 1 fully saturated rings. The van der Waals surface area contributed by atoms with Crippen LogP contribution in [-0.4, -0.2) is 45.4 Å². The minimum atomic E-state index is 0.466. The van der Waals surface area contributed by atoms with Gasteiger partial charge >= 0.3 is 0 Å². The maximum absolute atomic E-state index is 5.22. The fourth-order valence-corrected chi connectivity index (χ4v) is 3.30. The number of ether oxygens (including phenoxy) is 1. The molecule has 25 heavy (non-hydrogen) atoms. The van der Waals surface area contributed by atoms with E-state index in [-0.39, 0.29) is 0 Å². The van der Waals surface area contributed by atoms with Gasteiger partial charge in [-0.15, -0.1) is 5.10 Å². The van der Waals surface area contributed by atoms with Gasteiger partial charge in [-0.05, 0) is 43.7 Å². The Bertz CT molecular complexity index is 816. The van der Waals surface area contributed by atoms with Crippen LogP contribution in [0.15, 0.2) is 36.7 Å².